The molecule has 0 radical (unpaired) electrons. The molecule has 0 saturated carbocycles. The fraction of sp³-hybridized carbons (Fsp3) is 0.385. The Morgan fingerprint density at radius 2 is 1.91 bits per heavy atom. The van der Waals surface area contributed by atoms with Crippen molar-refractivity contribution in [2.75, 3.05) is 12.4 Å². The zero-order chi connectivity index (χ0) is 17.1. The van der Waals surface area contributed by atoms with Gasteiger partial charge in [0.2, 0.25) is 0 Å². The summed E-state index contributed by atoms with van der Waals surface area (Å²) in [5, 5.41) is 13.1. The van der Waals surface area contributed by atoms with E-state index in [4.69, 9.17) is 4.74 Å². The molecule has 0 spiro atoms. The highest BCUT2D eigenvalue weighted by atomic mass is 19.1. The van der Waals surface area contributed by atoms with E-state index >= 15 is 0 Å². The largest absolute Gasteiger partial charge is 0.465 e. The molecular weight excluding hydrogens is 299 g/mol. The van der Waals surface area contributed by atoms with Crippen LogP contribution in [0.4, 0.5) is 20.6 Å². The molecule has 0 heterocycles. The predicted molar refractivity (Wildman–Crippen MR) is 74.3 cm³/mol. The maximum Gasteiger partial charge on any atom is 0.412 e. The molecule has 0 aliphatic carbocycles. The smallest absolute Gasteiger partial charge is 0.412 e. The fourth-order valence-electron chi connectivity index (χ4n) is 1.49. The molecule has 1 N–H and O–H groups in total. The second kappa shape index (κ2) is 6.37. The second-order valence-electron chi connectivity index (χ2n) is 5.22. The summed E-state index contributed by atoms with van der Waals surface area (Å²) in [4.78, 5) is 33.1. The van der Waals surface area contributed by atoms with Crippen LogP contribution < -0.4 is 5.32 Å². The van der Waals surface area contributed by atoms with Gasteiger partial charge in [-0.3, -0.25) is 15.4 Å². The number of benzene rings is 1. The first-order chi connectivity index (χ1) is 10.0. The number of halogens is 1. The number of hydrogen-bond acceptors (Lipinski definition) is 6. The SMILES string of the molecule is COC(=O)c1cc([N+](=O)[O-])c(NC(=O)OC(C)(C)C)cc1F. The van der Waals surface area contributed by atoms with Crippen molar-refractivity contribution < 1.29 is 28.4 Å². The molecule has 9 heteroatoms. The number of rotatable bonds is 3. The minimum absolute atomic E-state index is 0.426. The van der Waals surface area contributed by atoms with E-state index in [1.807, 2.05) is 0 Å². The Morgan fingerprint density at radius 3 is 2.36 bits per heavy atom. The molecule has 0 aliphatic rings. The summed E-state index contributed by atoms with van der Waals surface area (Å²) in [6.07, 6.45) is -0.985. The average molecular weight is 314 g/mol. The number of anilines is 1. The molecule has 8 nitrogen and oxygen atoms in total. The van der Waals surface area contributed by atoms with Crippen molar-refractivity contribution >= 4 is 23.4 Å². The van der Waals surface area contributed by atoms with Gasteiger partial charge in [0.05, 0.1) is 12.0 Å². The number of nitrogens with one attached hydrogen (secondary N) is 1. The van der Waals surface area contributed by atoms with E-state index in [2.05, 4.69) is 10.1 Å². The Morgan fingerprint density at radius 1 is 1.32 bits per heavy atom. The lowest BCUT2D eigenvalue weighted by atomic mass is 10.1. The molecule has 0 unspecified atom stereocenters. The summed E-state index contributed by atoms with van der Waals surface area (Å²) in [5.74, 6) is -2.13. The second-order valence-corrected chi connectivity index (χ2v) is 5.22. The van der Waals surface area contributed by atoms with Gasteiger partial charge < -0.3 is 9.47 Å². The van der Waals surface area contributed by atoms with Crippen LogP contribution in [0.3, 0.4) is 0 Å². The topological polar surface area (TPSA) is 108 Å². The summed E-state index contributed by atoms with van der Waals surface area (Å²) in [6, 6.07) is 1.35. The molecule has 1 aromatic carbocycles. The molecule has 0 saturated heterocycles. The van der Waals surface area contributed by atoms with Crippen LogP contribution in [0, 0.1) is 15.9 Å². The zero-order valence-electron chi connectivity index (χ0n) is 12.4. The van der Waals surface area contributed by atoms with Crippen LogP contribution in [-0.4, -0.2) is 29.7 Å². The number of nitrogens with zero attached hydrogens (tertiary/aromatic N) is 1. The van der Waals surface area contributed by atoms with Crippen molar-refractivity contribution in [1.82, 2.24) is 0 Å². The van der Waals surface area contributed by atoms with E-state index in [1.165, 1.54) is 0 Å². The molecule has 0 aromatic heterocycles. The van der Waals surface area contributed by atoms with Gasteiger partial charge in [0.15, 0.2) is 0 Å². The lowest BCUT2D eigenvalue weighted by molar-refractivity contribution is -0.384. The number of amides is 1. The van der Waals surface area contributed by atoms with Crippen molar-refractivity contribution in [3.8, 4) is 0 Å². The lowest BCUT2D eigenvalue weighted by Gasteiger charge is -2.19. The number of nitro benzene ring substituents is 1. The van der Waals surface area contributed by atoms with E-state index in [0.29, 0.717) is 12.1 Å². The van der Waals surface area contributed by atoms with Crippen molar-refractivity contribution in [3.05, 3.63) is 33.6 Å². The number of carbonyl (C=O) groups is 2. The maximum atomic E-state index is 13.8. The Kier molecular flexibility index (Phi) is 5.02. The van der Waals surface area contributed by atoms with E-state index in [0.717, 1.165) is 7.11 Å². The number of esters is 1. The van der Waals surface area contributed by atoms with Gasteiger partial charge in [-0.05, 0) is 20.8 Å². The van der Waals surface area contributed by atoms with Gasteiger partial charge in [-0.25, -0.2) is 14.0 Å². The van der Waals surface area contributed by atoms with Crippen LogP contribution in [0.1, 0.15) is 31.1 Å². The molecule has 1 amide bonds. The van der Waals surface area contributed by atoms with Gasteiger partial charge >= 0.3 is 12.1 Å². The predicted octanol–water partition coefficient (Wildman–Crippen LogP) is 2.87. The molecule has 1 aromatic rings. The van der Waals surface area contributed by atoms with Crippen LogP contribution in [0.5, 0.6) is 0 Å². The number of ether oxygens (including phenoxy) is 2. The number of carbonyl (C=O) groups excluding carboxylic acids is 2. The summed E-state index contributed by atoms with van der Waals surface area (Å²) in [6.45, 7) is 4.80. The highest BCUT2D eigenvalue weighted by Gasteiger charge is 2.25. The molecular formula is C13H15FN2O6. The average Bonchev–Trinajstić information content (AvgIpc) is 2.35. The Balaban J connectivity index is 3.20. The van der Waals surface area contributed by atoms with E-state index < -0.39 is 45.3 Å². The Hall–Kier alpha value is -2.71. The quantitative estimate of drug-likeness (QED) is 0.522. The molecule has 0 fully saturated rings. The van der Waals surface area contributed by atoms with Crippen molar-refractivity contribution in [2.24, 2.45) is 0 Å². The minimum atomic E-state index is -1.07. The third kappa shape index (κ3) is 4.40. The third-order valence-corrected chi connectivity index (χ3v) is 2.32. The molecule has 1 rings (SSSR count). The van der Waals surface area contributed by atoms with Crippen LogP contribution in [0.2, 0.25) is 0 Å². The number of nitro groups is 1. The molecule has 0 aliphatic heterocycles. The summed E-state index contributed by atoms with van der Waals surface area (Å²) < 4.78 is 23.1. The number of methoxy groups -OCH3 is 1. The van der Waals surface area contributed by atoms with Gasteiger partial charge in [-0.1, -0.05) is 0 Å². The van der Waals surface area contributed by atoms with Crippen LogP contribution in [0.25, 0.3) is 0 Å². The first kappa shape index (κ1) is 17.3. The first-order valence-corrected chi connectivity index (χ1v) is 6.11. The van der Waals surface area contributed by atoms with Crippen LogP contribution in [-0.2, 0) is 9.47 Å². The van der Waals surface area contributed by atoms with E-state index in [-0.39, 0.29) is 0 Å². The normalized spacial score (nSPS) is 10.8. The van der Waals surface area contributed by atoms with E-state index in [9.17, 15) is 24.1 Å². The monoisotopic (exact) mass is 314 g/mol. The lowest BCUT2D eigenvalue weighted by Crippen LogP contribution is -2.27. The minimum Gasteiger partial charge on any atom is -0.465 e. The zero-order valence-corrected chi connectivity index (χ0v) is 12.4. The summed E-state index contributed by atoms with van der Waals surface area (Å²) in [7, 11) is 1.01. The van der Waals surface area contributed by atoms with Gasteiger partial charge in [-0.2, -0.15) is 0 Å². The van der Waals surface area contributed by atoms with Crippen molar-refractivity contribution in [1.29, 1.82) is 0 Å². The van der Waals surface area contributed by atoms with Gasteiger partial charge in [-0.15, -0.1) is 0 Å². The molecule has 0 bridgehead atoms. The van der Waals surface area contributed by atoms with E-state index in [1.54, 1.807) is 20.8 Å². The molecule has 0 atom stereocenters. The van der Waals surface area contributed by atoms with Crippen molar-refractivity contribution in [2.45, 2.75) is 26.4 Å². The highest BCUT2D eigenvalue weighted by Crippen LogP contribution is 2.28. The molecule has 22 heavy (non-hydrogen) atoms. The standard InChI is InChI=1S/C13H15FN2O6/c1-13(2,3)22-12(18)15-9-6-8(14)7(11(17)21-4)5-10(9)16(19)20/h5-6H,1-4H3,(H,15,18). The Labute approximate surface area is 125 Å². The number of hydrogen-bond donors (Lipinski definition) is 1. The van der Waals surface area contributed by atoms with Gasteiger partial charge in [0, 0.05) is 12.1 Å². The van der Waals surface area contributed by atoms with Crippen LogP contribution >= 0.6 is 0 Å². The Bertz CT molecular complexity index is 624. The van der Waals surface area contributed by atoms with Gasteiger partial charge in [0.1, 0.15) is 22.7 Å². The third-order valence-electron chi connectivity index (χ3n) is 2.32. The highest BCUT2D eigenvalue weighted by molar-refractivity contribution is 5.94. The molecule has 120 valence electrons. The van der Waals surface area contributed by atoms with Crippen LogP contribution in [0.15, 0.2) is 12.1 Å². The van der Waals surface area contributed by atoms with Crippen molar-refractivity contribution in [3.63, 3.8) is 0 Å². The first-order valence-electron chi connectivity index (χ1n) is 6.11. The van der Waals surface area contributed by atoms with Gasteiger partial charge in [0.25, 0.3) is 5.69 Å². The summed E-state index contributed by atoms with van der Waals surface area (Å²) >= 11 is 0. The summed E-state index contributed by atoms with van der Waals surface area (Å²) in [5.41, 5.74) is -2.52. The maximum absolute atomic E-state index is 13.8. The fourth-order valence-corrected chi connectivity index (χ4v) is 1.49.